The van der Waals surface area contributed by atoms with Crippen molar-refractivity contribution in [3.8, 4) is 0 Å². The van der Waals surface area contributed by atoms with Gasteiger partial charge in [0, 0.05) is 30.7 Å². The quantitative estimate of drug-likeness (QED) is 0.750. The lowest BCUT2D eigenvalue weighted by Gasteiger charge is -2.36. The van der Waals surface area contributed by atoms with Crippen molar-refractivity contribution < 1.29 is 0 Å². The number of hydrogen-bond acceptors (Lipinski definition) is 2. The lowest BCUT2D eigenvalue weighted by molar-refractivity contribution is 0.249. The number of aryl methyl sites for hydroxylation is 1. The minimum atomic E-state index is 0.914. The molecule has 0 bridgehead atoms. The zero-order chi connectivity index (χ0) is 14.7. The molecule has 2 saturated heterocycles. The maximum atomic E-state index is 3.65. The van der Waals surface area contributed by atoms with Gasteiger partial charge in [0.1, 0.15) is 0 Å². The summed E-state index contributed by atoms with van der Waals surface area (Å²) in [5.41, 5.74) is 4.24. The molecule has 0 N–H and O–H groups in total. The highest BCUT2D eigenvalue weighted by Crippen LogP contribution is 2.29. The second-order valence-electron chi connectivity index (χ2n) is 6.70. The van der Waals surface area contributed by atoms with Crippen LogP contribution in [0.4, 0.5) is 5.69 Å². The molecule has 2 heterocycles. The third-order valence-electron chi connectivity index (χ3n) is 5.05. The molecule has 0 aliphatic carbocycles. The number of alkyl halides is 1. The number of nitrogens with zero attached hydrogens (tertiary/aromatic N) is 2. The highest BCUT2D eigenvalue weighted by Gasteiger charge is 2.23. The molecule has 1 aromatic carbocycles. The highest BCUT2D eigenvalue weighted by molar-refractivity contribution is 9.08. The summed E-state index contributed by atoms with van der Waals surface area (Å²) in [4.78, 5) is 5.27. The van der Waals surface area contributed by atoms with Gasteiger partial charge >= 0.3 is 0 Å². The molecule has 116 valence electrons. The fourth-order valence-corrected chi connectivity index (χ4v) is 4.27. The maximum absolute atomic E-state index is 3.65. The summed E-state index contributed by atoms with van der Waals surface area (Å²) in [7, 11) is 0. The van der Waals surface area contributed by atoms with E-state index in [-0.39, 0.29) is 0 Å². The molecular formula is C18H27BrN2. The first-order valence-electron chi connectivity index (χ1n) is 8.39. The summed E-state index contributed by atoms with van der Waals surface area (Å²) in [6.07, 6.45) is 5.53. The van der Waals surface area contributed by atoms with Crippen molar-refractivity contribution >= 4 is 21.6 Å². The number of rotatable bonds is 4. The summed E-state index contributed by atoms with van der Waals surface area (Å²) in [5.74, 6) is 0.914. The van der Waals surface area contributed by atoms with Crippen LogP contribution in [0.1, 0.15) is 36.8 Å². The Labute approximate surface area is 137 Å². The molecule has 0 saturated carbocycles. The van der Waals surface area contributed by atoms with E-state index in [0.29, 0.717) is 0 Å². The predicted octanol–water partition coefficient (Wildman–Crippen LogP) is 4.20. The van der Waals surface area contributed by atoms with E-state index in [0.717, 1.165) is 11.2 Å². The standard InChI is InChI=1S/C18H27BrN2/c1-15-4-5-18(17(12-15)13-19)21-10-6-16(7-11-21)14-20-8-2-3-9-20/h4-5,12,16H,2-3,6-11,13-14H2,1H3. The van der Waals surface area contributed by atoms with Crippen LogP contribution in [0.2, 0.25) is 0 Å². The van der Waals surface area contributed by atoms with Gasteiger partial charge in [-0.3, -0.25) is 0 Å². The van der Waals surface area contributed by atoms with Crippen LogP contribution < -0.4 is 4.90 Å². The van der Waals surface area contributed by atoms with Crippen molar-refractivity contribution in [2.24, 2.45) is 5.92 Å². The SMILES string of the molecule is Cc1ccc(N2CCC(CN3CCCC3)CC2)c(CBr)c1. The maximum Gasteiger partial charge on any atom is 0.0407 e. The van der Waals surface area contributed by atoms with Gasteiger partial charge in [0.2, 0.25) is 0 Å². The fraction of sp³-hybridized carbons (Fsp3) is 0.667. The minimum absolute atomic E-state index is 0.914. The van der Waals surface area contributed by atoms with Crippen LogP contribution in [-0.4, -0.2) is 37.6 Å². The molecule has 0 atom stereocenters. The summed E-state index contributed by atoms with van der Waals surface area (Å²) < 4.78 is 0. The van der Waals surface area contributed by atoms with Gasteiger partial charge in [-0.1, -0.05) is 33.6 Å². The molecule has 0 spiro atoms. The Balaban J connectivity index is 1.57. The molecule has 0 unspecified atom stereocenters. The molecule has 0 amide bonds. The highest BCUT2D eigenvalue weighted by atomic mass is 79.9. The van der Waals surface area contributed by atoms with Gasteiger partial charge in [-0.15, -0.1) is 0 Å². The Morgan fingerprint density at radius 3 is 2.48 bits per heavy atom. The van der Waals surface area contributed by atoms with Crippen LogP contribution in [0, 0.1) is 12.8 Å². The third kappa shape index (κ3) is 3.81. The molecule has 2 aliphatic rings. The number of piperidine rings is 1. The second kappa shape index (κ2) is 7.15. The first-order chi connectivity index (χ1) is 10.3. The van der Waals surface area contributed by atoms with Gasteiger partial charge in [0.15, 0.2) is 0 Å². The molecular weight excluding hydrogens is 324 g/mol. The number of likely N-dealkylation sites (tertiary alicyclic amines) is 1. The zero-order valence-corrected chi connectivity index (χ0v) is 14.7. The number of hydrogen-bond donors (Lipinski definition) is 0. The summed E-state index contributed by atoms with van der Waals surface area (Å²) >= 11 is 3.65. The molecule has 0 aromatic heterocycles. The van der Waals surface area contributed by atoms with E-state index in [2.05, 4.69) is 50.9 Å². The van der Waals surface area contributed by atoms with E-state index >= 15 is 0 Å². The van der Waals surface area contributed by atoms with Crippen molar-refractivity contribution in [3.63, 3.8) is 0 Å². The van der Waals surface area contributed by atoms with E-state index in [9.17, 15) is 0 Å². The zero-order valence-electron chi connectivity index (χ0n) is 13.2. The van der Waals surface area contributed by atoms with Crippen molar-refractivity contribution in [2.45, 2.75) is 37.9 Å². The fourth-order valence-electron chi connectivity index (χ4n) is 3.82. The van der Waals surface area contributed by atoms with Crippen molar-refractivity contribution in [1.82, 2.24) is 4.90 Å². The topological polar surface area (TPSA) is 6.48 Å². The van der Waals surface area contributed by atoms with Crippen LogP contribution >= 0.6 is 15.9 Å². The summed E-state index contributed by atoms with van der Waals surface area (Å²) in [6.45, 7) is 8.65. The monoisotopic (exact) mass is 350 g/mol. The van der Waals surface area contributed by atoms with E-state index in [1.807, 2.05) is 0 Å². The van der Waals surface area contributed by atoms with Gasteiger partial charge < -0.3 is 9.80 Å². The molecule has 2 aliphatic heterocycles. The Kier molecular flexibility index (Phi) is 5.23. The first kappa shape index (κ1) is 15.4. The molecule has 0 radical (unpaired) electrons. The number of halogens is 1. The van der Waals surface area contributed by atoms with Crippen LogP contribution in [0.3, 0.4) is 0 Å². The van der Waals surface area contributed by atoms with Gasteiger partial charge in [-0.25, -0.2) is 0 Å². The van der Waals surface area contributed by atoms with E-state index in [1.165, 1.54) is 75.2 Å². The Bertz CT molecular complexity index is 460. The van der Waals surface area contributed by atoms with Crippen LogP contribution in [-0.2, 0) is 5.33 Å². The number of benzene rings is 1. The average Bonchev–Trinajstić information content (AvgIpc) is 3.01. The third-order valence-corrected chi connectivity index (χ3v) is 5.65. The Morgan fingerprint density at radius 1 is 1.10 bits per heavy atom. The molecule has 3 rings (SSSR count). The van der Waals surface area contributed by atoms with Crippen LogP contribution in [0.15, 0.2) is 18.2 Å². The van der Waals surface area contributed by atoms with E-state index < -0.39 is 0 Å². The second-order valence-corrected chi connectivity index (χ2v) is 7.26. The predicted molar refractivity (Wildman–Crippen MR) is 94.4 cm³/mol. The van der Waals surface area contributed by atoms with Gasteiger partial charge in [0.05, 0.1) is 0 Å². The van der Waals surface area contributed by atoms with Gasteiger partial charge in [-0.05, 0) is 63.2 Å². The van der Waals surface area contributed by atoms with Gasteiger partial charge in [0.25, 0.3) is 0 Å². The van der Waals surface area contributed by atoms with Gasteiger partial charge in [-0.2, -0.15) is 0 Å². The van der Waals surface area contributed by atoms with Crippen LogP contribution in [0.5, 0.6) is 0 Å². The summed E-state index contributed by atoms with van der Waals surface area (Å²) in [5, 5.41) is 0.956. The average molecular weight is 351 g/mol. The smallest absolute Gasteiger partial charge is 0.0407 e. The Morgan fingerprint density at radius 2 is 1.81 bits per heavy atom. The lowest BCUT2D eigenvalue weighted by atomic mass is 9.95. The Hall–Kier alpha value is -0.540. The molecule has 3 heteroatoms. The molecule has 21 heavy (non-hydrogen) atoms. The normalized spacial score (nSPS) is 21.1. The number of anilines is 1. The lowest BCUT2D eigenvalue weighted by Crippen LogP contribution is -2.38. The van der Waals surface area contributed by atoms with Crippen molar-refractivity contribution in [3.05, 3.63) is 29.3 Å². The minimum Gasteiger partial charge on any atom is -0.371 e. The molecule has 2 nitrogen and oxygen atoms in total. The molecule has 2 fully saturated rings. The van der Waals surface area contributed by atoms with Crippen molar-refractivity contribution in [1.29, 1.82) is 0 Å². The summed E-state index contributed by atoms with van der Waals surface area (Å²) in [6, 6.07) is 6.88. The van der Waals surface area contributed by atoms with E-state index in [4.69, 9.17) is 0 Å². The van der Waals surface area contributed by atoms with Crippen LogP contribution in [0.25, 0.3) is 0 Å². The largest absolute Gasteiger partial charge is 0.371 e. The van der Waals surface area contributed by atoms with Crippen molar-refractivity contribution in [2.75, 3.05) is 37.6 Å². The molecule has 1 aromatic rings. The first-order valence-corrected chi connectivity index (χ1v) is 9.51. The van der Waals surface area contributed by atoms with E-state index in [1.54, 1.807) is 0 Å².